The summed E-state index contributed by atoms with van der Waals surface area (Å²) in [6.45, 7) is 3.72. The molecule has 0 saturated carbocycles. The highest BCUT2D eigenvalue weighted by Gasteiger charge is 2.26. The van der Waals surface area contributed by atoms with Crippen LogP contribution in [0.4, 0.5) is 0 Å². The monoisotopic (exact) mass is 316 g/mol. The van der Waals surface area contributed by atoms with Gasteiger partial charge < -0.3 is 19.4 Å². The molecule has 1 atom stereocenters. The Morgan fingerprint density at radius 2 is 1.96 bits per heavy atom. The molecule has 23 heavy (non-hydrogen) atoms. The van der Waals surface area contributed by atoms with Crippen molar-refractivity contribution in [2.45, 2.75) is 12.6 Å². The Morgan fingerprint density at radius 3 is 2.57 bits per heavy atom. The molecule has 1 saturated heterocycles. The van der Waals surface area contributed by atoms with Crippen molar-refractivity contribution in [3.63, 3.8) is 0 Å². The van der Waals surface area contributed by atoms with E-state index in [0.29, 0.717) is 0 Å². The molecule has 1 aliphatic rings. The van der Waals surface area contributed by atoms with E-state index in [4.69, 9.17) is 9.47 Å². The van der Waals surface area contributed by atoms with E-state index in [1.54, 1.807) is 14.2 Å². The quantitative estimate of drug-likeness (QED) is 0.908. The topological polar surface area (TPSA) is 51.5 Å². The number of piperazine rings is 1. The predicted molar refractivity (Wildman–Crippen MR) is 88.8 cm³/mol. The standard InChI is InChI=1S/C17H24N4O2/c1-20-6-5-19-17(20)16-11-18-4-7-21(16)12-13-8-14(22-2)10-15(9-13)23-3/h5-6,8-10,16,18H,4,7,11-12H2,1-3H3. The normalized spacial score (nSPS) is 18.8. The number of aromatic nitrogens is 2. The zero-order chi connectivity index (χ0) is 16.2. The van der Waals surface area contributed by atoms with Crippen molar-refractivity contribution in [1.29, 1.82) is 0 Å². The summed E-state index contributed by atoms with van der Waals surface area (Å²) in [6, 6.07) is 6.30. The minimum absolute atomic E-state index is 0.265. The number of hydrogen-bond donors (Lipinski definition) is 1. The molecule has 0 spiro atoms. The van der Waals surface area contributed by atoms with Crippen LogP contribution >= 0.6 is 0 Å². The molecular formula is C17H24N4O2. The lowest BCUT2D eigenvalue weighted by Gasteiger charge is -2.35. The second-order valence-corrected chi connectivity index (χ2v) is 5.81. The third-order valence-corrected chi connectivity index (χ3v) is 4.31. The lowest BCUT2D eigenvalue weighted by atomic mass is 10.1. The van der Waals surface area contributed by atoms with Crippen molar-refractivity contribution in [1.82, 2.24) is 19.8 Å². The van der Waals surface area contributed by atoms with Crippen LogP contribution in [0.5, 0.6) is 11.5 Å². The number of methoxy groups -OCH3 is 2. The van der Waals surface area contributed by atoms with E-state index in [1.165, 1.54) is 5.56 Å². The van der Waals surface area contributed by atoms with Gasteiger partial charge in [-0.05, 0) is 17.7 Å². The van der Waals surface area contributed by atoms with Crippen molar-refractivity contribution >= 4 is 0 Å². The summed E-state index contributed by atoms with van der Waals surface area (Å²) in [4.78, 5) is 6.98. The number of benzene rings is 1. The Morgan fingerprint density at radius 1 is 1.22 bits per heavy atom. The number of ether oxygens (including phenoxy) is 2. The molecule has 1 N–H and O–H groups in total. The number of imidazole rings is 1. The van der Waals surface area contributed by atoms with Crippen molar-refractivity contribution < 1.29 is 9.47 Å². The average Bonchev–Trinajstić information content (AvgIpc) is 3.01. The largest absolute Gasteiger partial charge is 0.497 e. The number of hydrogen-bond acceptors (Lipinski definition) is 5. The van der Waals surface area contributed by atoms with E-state index in [1.807, 2.05) is 25.5 Å². The van der Waals surface area contributed by atoms with E-state index >= 15 is 0 Å². The van der Waals surface area contributed by atoms with Gasteiger partial charge in [-0.1, -0.05) is 0 Å². The van der Waals surface area contributed by atoms with Crippen molar-refractivity contribution in [2.24, 2.45) is 7.05 Å². The zero-order valence-electron chi connectivity index (χ0n) is 14.0. The Hall–Kier alpha value is -2.05. The summed E-state index contributed by atoms with van der Waals surface area (Å²) in [5.74, 6) is 2.73. The van der Waals surface area contributed by atoms with Gasteiger partial charge in [-0.25, -0.2) is 4.98 Å². The Bertz CT molecular complexity index is 634. The van der Waals surface area contributed by atoms with Gasteiger partial charge in [0.1, 0.15) is 17.3 Å². The van der Waals surface area contributed by atoms with Gasteiger partial charge in [-0.3, -0.25) is 4.90 Å². The van der Waals surface area contributed by atoms with Crippen LogP contribution < -0.4 is 14.8 Å². The first-order valence-corrected chi connectivity index (χ1v) is 7.85. The smallest absolute Gasteiger partial charge is 0.127 e. The third-order valence-electron chi connectivity index (χ3n) is 4.31. The van der Waals surface area contributed by atoms with Gasteiger partial charge in [0, 0.05) is 51.7 Å². The molecule has 0 aliphatic carbocycles. The van der Waals surface area contributed by atoms with Gasteiger partial charge in [0.05, 0.1) is 20.3 Å². The predicted octanol–water partition coefficient (Wildman–Crippen LogP) is 1.58. The van der Waals surface area contributed by atoms with Crippen molar-refractivity contribution in [2.75, 3.05) is 33.9 Å². The number of nitrogens with one attached hydrogen (secondary N) is 1. The molecule has 3 rings (SSSR count). The van der Waals surface area contributed by atoms with Crippen molar-refractivity contribution in [3.05, 3.63) is 42.0 Å². The Kier molecular flexibility index (Phi) is 4.83. The summed E-state index contributed by atoms with van der Waals surface area (Å²) >= 11 is 0. The first-order valence-electron chi connectivity index (χ1n) is 7.85. The van der Waals surface area contributed by atoms with Gasteiger partial charge in [-0.2, -0.15) is 0 Å². The molecule has 2 heterocycles. The van der Waals surface area contributed by atoms with Crippen LogP contribution in [0, 0.1) is 0 Å². The van der Waals surface area contributed by atoms with E-state index < -0.39 is 0 Å². The summed E-state index contributed by atoms with van der Waals surface area (Å²) in [5.41, 5.74) is 1.18. The highest BCUT2D eigenvalue weighted by Crippen LogP contribution is 2.27. The molecule has 124 valence electrons. The Balaban J connectivity index is 1.83. The Labute approximate surface area is 137 Å². The lowest BCUT2D eigenvalue weighted by molar-refractivity contribution is 0.144. The second-order valence-electron chi connectivity index (χ2n) is 5.81. The molecule has 1 aromatic heterocycles. The first kappa shape index (κ1) is 15.8. The molecule has 1 aromatic carbocycles. The van der Waals surface area contributed by atoms with E-state index in [-0.39, 0.29) is 6.04 Å². The van der Waals surface area contributed by atoms with Crippen LogP contribution in [-0.4, -0.2) is 48.3 Å². The van der Waals surface area contributed by atoms with Gasteiger partial charge >= 0.3 is 0 Å². The minimum Gasteiger partial charge on any atom is -0.497 e. The number of nitrogens with zero attached hydrogens (tertiary/aromatic N) is 3. The highest BCUT2D eigenvalue weighted by atomic mass is 16.5. The maximum absolute atomic E-state index is 5.38. The molecule has 6 nitrogen and oxygen atoms in total. The van der Waals surface area contributed by atoms with Crippen LogP contribution in [0.25, 0.3) is 0 Å². The molecule has 0 radical (unpaired) electrons. The van der Waals surface area contributed by atoms with Crippen LogP contribution in [0.15, 0.2) is 30.6 Å². The van der Waals surface area contributed by atoms with Gasteiger partial charge in [0.15, 0.2) is 0 Å². The number of rotatable bonds is 5. The van der Waals surface area contributed by atoms with E-state index in [0.717, 1.165) is 43.5 Å². The molecule has 1 aliphatic heterocycles. The van der Waals surface area contributed by atoms with E-state index in [2.05, 4.69) is 31.9 Å². The molecule has 1 fully saturated rings. The highest BCUT2D eigenvalue weighted by molar-refractivity contribution is 5.38. The average molecular weight is 316 g/mol. The molecular weight excluding hydrogens is 292 g/mol. The fourth-order valence-corrected chi connectivity index (χ4v) is 3.08. The molecule has 0 amide bonds. The fraction of sp³-hybridized carbons (Fsp3) is 0.471. The van der Waals surface area contributed by atoms with Gasteiger partial charge in [-0.15, -0.1) is 0 Å². The third kappa shape index (κ3) is 3.48. The SMILES string of the molecule is COc1cc(CN2CCNCC2c2nccn2C)cc(OC)c1. The van der Waals surface area contributed by atoms with Crippen LogP contribution in [0.1, 0.15) is 17.4 Å². The summed E-state index contributed by atoms with van der Waals surface area (Å²) in [5, 5.41) is 3.47. The molecule has 0 bridgehead atoms. The molecule has 2 aromatic rings. The fourth-order valence-electron chi connectivity index (χ4n) is 3.08. The molecule has 1 unspecified atom stereocenters. The molecule has 6 heteroatoms. The summed E-state index contributed by atoms with van der Waals surface area (Å²) < 4.78 is 12.8. The lowest BCUT2D eigenvalue weighted by Crippen LogP contribution is -2.46. The number of aryl methyl sites for hydroxylation is 1. The second kappa shape index (κ2) is 7.02. The van der Waals surface area contributed by atoms with Gasteiger partial charge in [0.25, 0.3) is 0 Å². The van der Waals surface area contributed by atoms with Crippen LogP contribution in [0.2, 0.25) is 0 Å². The van der Waals surface area contributed by atoms with E-state index in [9.17, 15) is 0 Å². The zero-order valence-corrected chi connectivity index (χ0v) is 14.0. The van der Waals surface area contributed by atoms with Crippen LogP contribution in [0.3, 0.4) is 0 Å². The van der Waals surface area contributed by atoms with Gasteiger partial charge in [0.2, 0.25) is 0 Å². The maximum atomic E-state index is 5.38. The first-order chi connectivity index (χ1) is 11.2. The summed E-state index contributed by atoms with van der Waals surface area (Å²) in [6.07, 6.45) is 3.85. The summed E-state index contributed by atoms with van der Waals surface area (Å²) in [7, 11) is 5.41. The minimum atomic E-state index is 0.265. The van der Waals surface area contributed by atoms with Crippen molar-refractivity contribution in [3.8, 4) is 11.5 Å². The van der Waals surface area contributed by atoms with Crippen LogP contribution in [-0.2, 0) is 13.6 Å². The maximum Gasteiger partial charge on any atom is 0.127 e.